The Hall–Kier alpha value is -2.65. The fourth-order valence-corrected chi connectivity index (χ4v) is 7.36. The third kappa shape index (κ3) is 4.63. The second-order valence-electron chi connectivity index (χ2n) is 9.05. The largest absolute Gasteiger partial charge is 0.335 e. The Morgan fingerprint density at radius 3 is 2.47 bits per heavy atom. The zero-order valence-electron chi connectivity index (χ0n) is 19.0. The lowest BCUT2D eigenvalue weighted by molar-refractivity contribution is -0.130. The summed E-state index contributed by atoms with van der Waals surface area (Å²) < 4.78 is 25.7. The zero-order valence-corrected chi connectivity index (χ0v) is 20.6. The van der Waals surface area contributed by atoms with Gasteiger partial charge in [0.25, 0.3) is 5.56 Å². The van der Waals surface area contributed by atoms with E-state index in [1.807, 2.05) is 49.4 Å². The van der Waals surface area contributed by atoms with E-state index >= 15 is 0 Å². The molecule has 2 atom stereocenters. The van der Waals surface area contributed by atoms with Gasteiger partial charge in [-0.1, -0.05) is 54.2 Å². The van der Waals surface area contributed by atoms with Crippen LogP contribution in [0.2, 0.25) is 0 Å². The Bertz CT molecular complexity index is 1380. The van der Waals surface area contributed by atoms with Gasteiger partial charge in [-0.2, -0.15) is 0 Å². The van der Waals surface area contributed by atoms with E-state index < -0.39 is 9.84 Å². The molecule has 1 aliphatic heterocycles. The number of hydrogen-bond acceptors (Lipinski definition) is 6. The highest BCUT2D eigenvalue weighted by Gasteiger charge is 2.42. The fourth-order valence-electron chi connectivity index (χ4n) is 4.70. The predicted molar refractivity (Wildman–Crippen MR) is 134 cm³/mol. The summed E-state index contributed by atoms with van der Waals surface area (Å²) in [6.07, 6.45) is 2.33. The summed E-state index contributed by atoms with van der Waals surface area (Å²) >= 11 is 1.25. The van der Waals surface area contributed by atoms with Gasteiger partial charge in [-0.3, -0.25) is 14.2 Å². The number of thioether (sulfide) groups is 1. The molecule has 0 bridgehead atoms. The Morgan fingerprint density at radius 2 is 1.79 bits per heavy atom. The molecule has 7 nitrogen and oxygen atoms in total. The highest BCUT2D eigenvalue weighted by Crippen LogP contribution is 2.33. The van der Waals surface area contributed by atoms with Crippen molar-refractivity contribution in [2.45, 2.75) is 49.5 Å². The summed E-state index contributed by atoms with van der Waals surface area (Å²) in [5.41, 5.74) is 1.43. The first-order valence-corrected chi connectivity index (χ1v) is 14.4. The van der Waals surface area contributed by atoms with Gasteiger partial charge in [0.2, 0.25) is 5.91 Å². The first kappa shape index (κ1) is 23.1. The molecule has 0 radical (unpaired) electrons. The monoisotopic (exact) mass is 497 g/mol. The number of carbonyl (C=O) groups is 1. The molecule has 2 aliphatic rings. The molecule has 1 saturated heterocycles. The van der Waals surface area contributed by atoms with E-state index in [0.29, 0.717) is 22.5 Å². The second-order valence-corrected chi connectivity index (χ2v) is 12.2. The van der Waals surface area contributed by atoms with Gasteiger partial charge in [0.1, 0.15) is 0 Å². The summed E-state index contributed by atoms with van der Waals surface area (Å²) in [7, 11) is -3.08. The molecule has 0 N–H and O–H groups in total. The lowest BCUT2D eigenvalue weighted by Crippen LogP contribution is -2.43. The molecule has 2 fully saturated rings. The molecule has 1 aliphatic carbocycles. The SMILES string of the molecule is CC(c1ccccc1)n1c(SCC(=O)N(C2CC2)C2CCS(=O)(=O)C2)nc2ccccc2c1=O. The normalized spacial score (nSPS) is 20.3. The van der Waals surface area contributed by atoms with E-state index in [1.54, 1.807) is 21.6 Å². The lowest BCUT2D eigenvalue weighted by atomic mass is 10.1. The van der Waals surface area contributed by atoms with Crippen LogP contribution in [0.1, 0.15) is 37.8 Å². The number of amides is 1. The van der Waals surface area contributed by atoms with Crippen molar-refractivity contribution in [2.24, 2.45) is 0 Å². The molecule has 5 rings (SSSR count). The van der Waals surface area contributed by atoms with Crippen LogP contribution in [-0.4, -0.2) is 58.1 Å². The number of benzene rings is 2. The molecule has 2 aromatic carbocycles. The van der Waals surface area contributed by atoms with E-state index in [-0.39, 0.29) is 46.9 Å². The molecule has 178 valence electrons. The topological polar surface area (TPSA) is 89.3 Å². The van der Waals surface area contributed by atoms with Crippen LogP contribution in [0.15, 0.2) is 64.5 Å². The summed E-state index contributed by atoms with van der Waals surface area (Å²) in [5, 5.41) is 1.03. The number of rotatable bonds is 7. The van der Waals surface area contributed by atoms with Crippen molar-refractivity contribution in [1.82, 2.24) is 14.5 Å². The summed E-state index contributed by atoms with van der Waals surface area (Å²) in [6, 6.07) is 16.6. The van der Waals surface area contributed by atoms with Crippen molar-refractivity contribution < 1.29 is 13.2 Å². The molecule has 0 spiro atoms. The van der Waals surface area contributed by atoms with Crippen LogP contribution in [-0.2, 0) is 14.6 Å². The molecule has 1 saturated carbocycles. The van der Waals surface area contributed by atoms with Crippen LogP contribution < -0.4 is 5.56 Å². The standard InChI is InChI=1S/C25H27N3O4S2/c1-17(18-7-3-2-4-8-18)27-24(30)21-9-5-6-10-22(21)26-25(27)33-15-23(29)28(19-11-12-19)20-13-14-34(31,32)16-20/h2-10,17,19-20H,11-16H2,1H3. The lowest BCUT2D eigenvalue weighted by Gasteiger charge is -2.28. The quantitative estimate of drug-likeness (QED) is 0.368. The summed E-state index contributed by atoms with van der Waals surface area (Å²) in [4.78, 5) is 33.3. The maximum absolute atomic E-state index is 13.5. The van der Waals surface area contributed by atoms with Crippen LogP contribution in [0.3, 0.4) is 0 Å². The van der Waals surface area contributed by atoms with Gasteiger partial charge in [0.05, 0.1) is 34.2 Å². The summed E-state index contributed by atoms with van der Waals surface area (Å²) in [5.74, 6) is 0.209. The highest BCUT2D eigenvalue weighted by atomic mass is 32.2. The Balaban J connectivity index is 1.46. The van der Waals surface area contributed by atoms with E-state index in [4.69, 9.17) is 4.98 Å². The minimum absolute atomic E-state index is 0.0455. The predicted octanol–water partition coefficient (Wildman–Crippen LogP) is 3.28. The van der Waals surface area contributed by atoms with Gasteiger partial charge < -0.3 is 4.90 Å². The van der Waals surface area contributed by atoms with E-state index in [1.165, 1.54) is 11.8 Å². The van der Waals surface area contributed by atoms with Crippen molar-refractivity contribution >= 4 is 38.4 Å². The fraction of sp³-hybridized carbons (Fsp3) is 0.400. The van der Waals surface area contributed by atoms with Crippen LogP contribution in [0.25, 0.3) is 10.9 Å². The Labute approximate surface area is 203 Å². The number of aromatic nitrogens is 2. The number of para-hydroxylation sites is 1. The number of sulfone groups is 1. The first-order valence-electron chi connectivity index (χ1n) is 11.5. The van der Waals surface area contributed by atoms with Crippen molar-refractivity contribution in [3.8, 4) is 0 Å². The molecule has 9 heteroatoms. The molecule has 34 heavy (non-hydrogen) atoms. The molecule has 1 aromatic heterocycles. The van der Waals surface area contributed by atoms with Crippen LogP contribution in [0.4, 0.5) is 0 Å². The highest BCUT2D eigenvalue weighted by molar-refractivity contribution is 7.99. The summed E-state index contributed by atoms with van der Waals surface area (Å²) in [6.45, 7) is 1.96. The maximum atomic E-state index is 13.5. The van der Waals surface area contributed by atoms with Crippen LogP contribution in [0.5, 0.6) is 0 Å². The van der Waals surface area contributed by atoms with Crippen LogP contribution >= 0.6 is 11.8 Å². The van der Waals surface area contributed by atoms with E-state index in [2.05, 4.69) is 0 Å². The minimum atomic E-state index is -3.08. The second kappa shape index (κ2) is 9.19. The third-order valence-electron chi connectivity index (χ3n) is 6.60. The molecule has 2 unspecified atom stereocenters. The van der Waals surface area contributed by atoms with Gasteiger partial charge in [-0.25, -0.2) is 13.4 Å². The molecular weight excluding hydrogens is 470 g/mol. The number of fused-ring (bicyclic) bond motifs is 1. The van der Waals surface area contributed by atoms with Crippen molar-refractivity contribution in [2.75, 3.05) is 17.3 Å². The Kier molecular flexibility index (Phi) is 6.24. The smallest absolute Gasteiger partial charge is 0.262 e. The van der Waals surface area contributed by atoms with Gasteiger partial charge in [0.15, 0.2) is 15.0 Å². The average Bonchev–Trinajstić information content (AvgIpc) is 3.60. The van der Waals surface area contributed by atoms with Gasteiger partial charge in [-0.05, 0) is 43.9 Å². The molecule has 3 aromatic rings. The average molecular weight is 498 g/mol. The van der Waals surface area contributed by atoms with Gasteiger partial charge in [0, 0.05) is 12.1 Å². The third-order valence-corrected chi connectivity index (χ3v) is 9.29. The maximum Gasteiger partial charge on any atom is 0.262 e. The van der Waals surface area contributed by atoms with Crippen LogP contribution in [0, 0.1) is 0 Å². The number of nitrogens with zero attached hydrogens (tertiary/aromatic N) is 3. The minimum Gasteiger partial charge on any atom is -0.335 e. The van der Waals surface area contributed by atoms with Crippen molar-refractivity contribution in [3.63, 3.8) is 0 Å². The zero-order chi connectivity index (χ0) is 23.9. The van der Waals surface area contributed by atoms with Gasteiger partial charge >= 0.3 is 0 Å². The van der Waals surface area contributed by atoms with Crippen molar-refractivity contribution in [1.29, 1.82) is 0 Å². The number of hydrogen-bond donors (Lipinski definition) is 0. The number of carbonyl (C=O) groups excluding carboxylic acids is 1. The molecule has 1 amide bonds. The first-order chi connectivity index (χ1) is 16.3. The van der Waals surface area contributed by atoms with E-state index in [9.17, 15) is 18.0 Å². The van der Waals surface area contributed by atoms with Gasteiger partial charge in [-0.15, -0.1) is 0 Å². The molecular formula is C25H27N3O4S2. The van der Waals surface area contributed by atoms with E-state index in [0.717, 1.165) is 18.4 Å². The van der Waals surface area contributed by atoms with Crippen molar-refractivity contribution in [3.05, 3.63) is 70.5 Å². The Morgan fingerprint density at radius 1 is 1.09 bits per heavy atom. The molecule has 2 heterocycles.